The van der Waals surface area contributed by atoms with Crippen LogP contribution in [0, 0.1) is 0 Å². The van der Waals surface area contributed by atoms with Gasteiger partial charge in [-0.25, -0.2) is 0 Å². The summed E-state index contributed by atoms with van der Waals surface area (Å²) in [5, 5.41) is 0. The van der Waals surface area contributed by atoms with Crippen LogP contribution < -0.4 is 9.47 Å². The number of hydrogen-bond donors (Lipinski definition) is 0. The van der Waals surface area contributed by atoms with E-state index in [0.29, 0.717) is 55.5 Å². The molecule has 8 heteroatoms. The average Bonchev–Trinajstić information content (AvgIpc) is 3.57. The molecule has 0 atom stereocenters. The predicted molar refractivity (Wildman–Crippen MR) is 129 cm³/mol. The van der Waals surface area contributed by atoms with Gasteiger partial charge in [0.2, 0.25) is 12.7 Å². The predicted octanol–water partition coefficient (Wildman–Crippen LogP) is 4.11. The van der Waals surface area contributed by atoms with E-state index in [0.717, 1.165) is 5.56 Å². The molecule has 2 aromatic carbocycles. The van der Waals surface area contributed by atoms with Gasteiger partial charge in [-0.3, -0.25) is 9.59 Å². The van der Waals surface area contributed by atoms with Gasteiger partial charge in [0.25, 0.3) is 5.91 Å². The molecule has 0 saturated carbocycles. The minimum Gasteiger partial charge on any atom is -0.467 e. The van der Waals surface area contributed by atoms with Gasteiger partial charge in [-0.2, -0.15) is 0 Å². The third-order valence-electron chi connectivity index (χ3n) is 5.64. The second kappa shape index (κ2) is 12.1. The monoisotopic (exact) mass is 478 g/mol. The first-order valence-corrected chi connectivity index (χ1v) is 11.7. The van der Waals surface area contributed by atoms with Crippen LogP contribution in [0.2, 0.25) is 0 Å². The molecule has 0 N–H and O–H groups in total. The number of ether oxygens (including phenoxy) is 3. The van der Waals surface area contributed by atoms with Crippen LogP contribution in [0.3, 0.4) is 0 Å². The highest BCUT2D eigenvalue weighted by Gasteiger charge is 2.24. The number of carbonyl (C=O) groups excluding carboxylic acids is 2. The molecular formula is C27H30N2O6. The maximum atomic E-state index is 13.5. The summed E-state index contributed by atoms with van der Waals surface area (Å²) >= 11 is 0. The topological polar surface area (TPSA) is 81.5 Å². The maximum Gasteiger partial charge on any atom is 0.254 e. The van der Waals surface area contributed by atoms with Crippen molar-refractivity contribution < 1.29 is 28.2 Å². The van der Waals surface area contributed by atoms with Crippen molar-refractivity contribution in [1.29, 1.82) is 0 Å². The van der Waals surface area contributed by atoms with E-state index in [-0.39, 0.29) is 31.7 Å². The van der Waals surface area contributed by atoms with Crippen LogP contribution in [-0.2, 0) is 22.6 Å². The van der Waals surface area contributed by atoms with Crippen molar-refractivity contribution in [3.05, 3.63) is 83.8 Å². The quantitative estimate of drug-likeness (QED) is 0.365. The number of hydrogen-bond acceptors (Lipinski definition) is 6. The molecule has 35 heavy (non-hydrogen) atoms. The van der Waals surface area contributed by atoms with Crippen molar-refractivity contribution in [2.75, 3.05) is 33.1 Å². The molecule has 2 amide bonds. The Balaban J connectivity index is 1.51. The molecule has 0 spiro atoms. The molecule has 0 unspecified atom stereocenters. The number of fused-ring (bicyclic) bond motifs is 1. The van der Waals surface area contributed by atoms with Gasteiger partial charge in [-0.15, -0.1) is 0 Å². The molecule has 0 fully saturated rings. The minimum absolute atomic E-state index is 0.0505. The highest BCUT2D eigenvalue weighted by atomic mass is 16.7. The highest BCUT2D eigenvalue weighted by molar-refractivity contribution is 5.96. The van der Waals surface area contributed by atoms with E-state index >= 15 is 0 Å². The minimum atomic E-state index is -0.184. The summed E-state index contributed by atoms with van der Waals surface area (Å²) in [4.78, 5) is 30.1. The van der Waals surface area contributed by atoms with Crippen molar-refractivity contribution >= 4 is 11.8 Å². The molecule has 0 saturated heterocycles. The van der Waals surface area contributed by atoms with Gasteiger partial charge in [-0.1, -0.05) is 24.3 Å². The summed E-state index contributed by atoms with van der Waals surface area (Å²) in [5.74, 6) is 1.64. The number of carbonyl (C=O) groups is 2. The molecule has 1 aliphatic rings. The lowest BCUT2D eigenvalue weighted by atomic mass is 10.1. The van der Waals surface area contributed by atoms with E-state index < -0.39 is 0 Å². The Kier molecular flexibility index (Phi) is 8.40. The Morgan fingerprint density at radius 2 is 1.77 bits per heavy atom. The fourth-order valence-electron chi connectivity index (χ4n) is 3.86. The van der Waals surface area contributed by atoms with Crippen LogP contribution in [0.1, 0.15) is 35.0 Å². The Bertz CT molecular complexity index is 1100. The molecule has 184 valence electrons. The lowest BCUT2D eigenvalue weighted by Gasteiger charge is -2.27. The summed E-state index contributed by atoms with van der Waals surface area (Å²) in [6.45, 7) is 4.23. The summed E-state index contributed by atoms with van der Waals surface area (Å²) in [6.07, 6.45) is 2.22. The van der Waals surface area contributed by atoms with E-state index in [1.807, 2.05) is 49.4 Å². The fraction of sp³-hybridized carbons (Fsp3) is 0.333. The van der Waals surface area contributed by atoms with Crippen LogP contribution >= 0.6 is 0 Å². The Hall–Kier alpha value is -3.78. The lowest BCUT2D eigenvalue weighted by molar-refractivity contribution is -0.133. The second-order valence-electron chi connectivity index (χ2n) is 8.16. The normalized spacial score (nSPS) is 11.9. The smallest absolute Gasteiger partial charge is 0.254 e. The third kappa shape index (κ3) is 6.64. The van der Waals surface area contributed by atoms with E-state index in [1.165, 1.54) is 0 Å². The number of benzene rings is 2. The van der Waals surface area contributed by atoms with Gasteiger partial charge < -0.3 is 28.4 Å². The first kappa shape index (κ1) is 24.3. The summed E-state index contributed by atoms with van der Waals surface area (Å²) in [7, 11) is 0. The van der Waals surface area contributed by atoms with Gasteiger partial charge in [0.15, 0.2) is 11.5 Å². The van der Waals surface area contributed by atoms with Crippen molar-refractivity contribution in [3.8, 4) is 11.5 Å². The molecule has 8 nitrogen and oxygen atoms in total. The molecule has 0 aliphatic carbocycles. The van der Waals surface area contributed by atoms with Crippen LogP contribution in [0.25, 0.3) is 0 Å². The van der Waals surface area contributed by atoms with Gasteiger partial charge in [0.05, 0.1) is 12.8 Å². The molecule has 1 aromatic heterocycles. The van der Waals surface area contributed by atoms with Gasteiger partial charge >= 0.3 is 0 Å². The Labute approximate surface area is 205 Å². The van der Waals surface area contributed by atoms with Gasteiger partial charge in [-0.05, 0) is 55.3 Å². The summed E-state index contributed by atoms with van der Waals surface area (Å²) in [5.41, 5.74) is 1.44. The standard InChI is InChI=1S/C27H30N2O6/c1-2-32-14-7-13-28(27(31)22-8-4-3-5-9-22)19-26(30)29(18-23-10-6-15-33-23)17-21-11-12-24-25(16-21)35-20-34-24/h3-6,8-12,15-16H,2,7,13-14,17-20H2,1H3. The van der Waals surface area contributed by atoms with Crippen LogP contribution in [-0.4, -0.2) is 54.7 Å². The highest BCUT2D eigenvalue weighted by Crippen LogP contribution is 2.33. The second-order valence-corrected chi connectivity index (χ2v) is 8.16. The van der Waals surface area contributed by atoms with Crippen molar-refractivity contribution in [2.24, 2.45) is 0 Å². The fourth-order valence-corrected chi connectivity index (χ4v) is 3.86. The number of amides is 2. The van der Waals surface area contributed by atoms with E-state index in [4.69, 9.17) is 18.6 Å². The molecule has 2 heterocycles. The zero-order valence-corrected chi connectivity index (χ0v) is 19.9. The van der Waals surface area contributed by atoms with Crippen LogP contribution in [0.4, 0.5) is 0 Å². The van der Waals surface area contributed by atoms with Gasteiger partial charge in [0, 0.05) is 31.9 Å². The zero-order valence-electron chi connectivity index (χ0n) is 19.9. The lowest BCUT2D eigenvalue weighted by Crippen LogP contribution is -2.43. The molecule has 0 radical (unpaired) electrons. The zero-order chi connectivity index (χ0) is 24.5. The van der Waals surface area contributed by atoms with Crippen molar-refractivity contribution in [2.45, 2.75) is 26.4 Å². The van der Waals surface area contributed by atoms with E-state index in [9.17, 15) is 9.59 Å². The van der Waals surface area contributed by atoms with E-state index in [1.54, 1.807) is 34.3 Å². The Morgan fingerprint density at radius 3 is 2.54 bits per heavy atom. The van der Waals surface area contributed by atoms with Crippen molar-refractivity contribution in [3.63, 3.8) is 0 Å². The maximum absolute atomic E-state index is 13.5. The molecule has 3 aromatic rings. The first-order valence-electron chi connectivity index (χ1n) is 11.7. The summed E-state index contributed by atoms with van der Waals surface area (Å²) in [6, 6.07) is 18.2. The summed E-state index contributed by atoms with van der Waals surface area (Å²) < 4.78 is 21.8. The third-order valence-corrected chi connectivity index (χ3v) is 5.64. The van der Waals surface area contributed by atoms with Crippen LogP contribution in [0.5, 0.6) is 11.5 Å². The first-order chi connectivity index (χ1) is 17.1. The number of nitrogens with zero attached hydrogens (tertiary/aromatic N) is 2. The van der Waals surface area contributed by atoms with Crippen molar-refractivity contribution in [1.82, 2.24) is 9.80 Å². The number of furan rings is 1. The molecular weight excluding hydrogens is 448 g/mol. The van der Waals surface area contributed by atoms with Crippen LogP contribution in [0.15, 0.2) is 71.3 Å². The SMILES string of the molecule is CCOCCCN(CC(=O)N(Cc1ccc2c(c1)OCO2)Cc1ccco1)C(=O)c1ccccc1. The van der Waals surface area contributed by atoms with Gasteiger partial charge in [0.1, 0.15) is 12.3 Å². The van der Waals surface area contributed by atoms with E-state index in [2.05, 4.69) is 0 Å². The largest absolute Gasteiger partial charge is 0.467 e. The molecule has 4 rings (SSSR count). The average molecular weight is 479 g/mol. The molecule has 0 bridgehead atoms. The number of rotatable bonds is 12. The Morgan fingerprint density at radius 1 is 0.943 bits per heavy atom. The molecule has 1 aliphatic heterocycles.